The molecule has 1 fully saturated rings. The minimum Gasteiger partial charge on any atom is -0.480 e. The van der Waals surface area contributed by atoms with Gasteiger partial charge in [-0.1, -0.05) is 29.4 Å². The SMILES string of the molecule is Cc1cc(CN2CCC3(CC2)Cc2cccc(c2)Oc2ccc(cc2)C[C@@H](C(=O)O)NC(=O)CCNC3=O)on1. The van der Waals surface area contributed by atoms with Crippen molar-refractivity contribution < 1.29 is 28.8 Å². The van der Waals surface area contributed by atoms with Crippen LogP contribution in [0, 0.1) is 12.3 Å². The van der Waals surface area contributed by atoms with Crippen LogP contribution in [0.4, 0.5) is 0 Å². The zero-order chi connectivity index (χ0) is 28.1. The number of carbonyl (C=O) groups is 3. The number of hydrogen-bond donors (Lipinski definition) is 3. The normalized spacial score (nSPS) is 20.2. The molecule has 4 bridgehead atoms. The third-order valence-electron chi connectivity index (χ3n) is 7.66. The van der Waals surface area contributed by atoms with Crippen LogP contribution in [0.1, 0.15) is 41.8 Å². The molecule has 210 valence electrons. The number of carbonyl (C=O) groups excluding carboxylic acids is 2. The molecule has 0 aliphatic carbocycles. The smallest absolute Gasteiger partial charge is 0.326 e. The highest BCUT2D eigenvalue weighted by Gasteiger charge is 2.41. The molecule has 3 aliphatic rings. The van der Waals surface area contributed by atoms with E-state index in [-0.39, 0.29) is 25.3 Å². The third-order valence-corrected chi connectivity index (χ3v) is 7.66. The zero-order valence-electron chi connectivity index (χ0n) is 22.5. The van der Waals surface area contributed by atoms with Gasteiger partial charge in [0.25, 0.3) is 0 Å². The number of aromatic nitrogens is 1. The number of carboxylic acids is 1. The van der Waals surface area contributed by atoms with Gasteiger partial charge in [-0.2, -0.15) is 0 Å². The first-order valence-corrected chi connectivity index (χ1v) is 13.6. The molecule has 2 amide bonds. The number of nitrogens with one attached hydrogen (secondary N) is 2. The number of aryl methyl sites for hydroxylation is 1. The predicted octanol–water partition coefficient (Wildman–Crippen LogP) is 3.23. The summed E-state index contributed by atoms with van der Waals surface area (Å²) in [4.78, 5) is 40.3. The first-order valence-electron chi connectivity index (χ1n) is 13.6. The fourth-order valence-electron chi connectivity index (χ4n) is 5.45. The molecule has 1 saturated heterocycles. The van der Waals surface area contributed by atoms with E-state index < -0.39 is 23.3 Å². The molecule has 2 aromatic carbocycles. The minimum absolute atomic E-state index is 0.00909. The number of likely N-dealkylation sites (tertiary alicyclic amines) is 1. The number of hydrogen-bond acceptors (Lipinski definition) is 7. The lowest BCUT2D eigenvalue weighted by atomic mass is 9.73. The molecule has 6 rings (SSSR count). The van der Waals surface area contributed by atoms with Crippen molar-refractivity contribution in [3.05, 3.63) is 77.2 Å². The number of rotatable bonds is 3. The lowest BCUT2D eigenvalue weighted by molar-refractivity contribution is -0.142. The molecule has 0 unspecified atom stereocenters. The molecule has 1 spiro atoms. The van der Waals surface area contributed by atoms with Crippen LogP contribution in [0.2, 0.25) is 0 Å². The Morgan fingerprint density at radius 3 is 2.55 bits per heavy atom. The molecule has 10 nitrogen and oxygen atoms in total. The van der Waals surface area contributed by atoms with Crippen molar-refractivity contribution in [2.24, 2.45) is 5.41 Å². The predicted molar refractivity (Wildman–Crippen MR) is 146 cm³/mol. The molecule has 0 radical (unpaired) electrons. The van der Waals surface area contributed by atoms with Crippen LogP contribution in [0.15, 0.2) is 59.1 Å². The summed E-state index contributed by atoms with van der Waals surface area (Å²) in [5.74, 6) is 0.429. The monoisotopic (exact) mass is 546 g/mol. The number of piperidine rings is 1. The molecule has 1 atom stereocenters. The van der Waals surface area contributed by atoms with E-state index in [1.807, 2.05) is 37.3 Å². The highest BCUT2D eigenvalue weighted by Crippen LogP contribution is 2.37. The number of aliphatic carboxylic acids is 1. The third kappa shape index (κ3) is 6.69. The summed E-state index contributed by atoms with van der Waals surface area (Å²) in [5, 5.41) is 19.2. The Kier molecular flexibility index (Phi) is 8.16. The van der Waals surface area contributed by atoms with Gasteiger partial charge in [-0.05, 0) is 74.7 Å². The van der Waals surface area contributed by atoms with Crippen molar-refractivity contribution in [2.45, 2.75) is 51.6 Å². The van der Waals surface area contributed by atoms with Crippen molar-refractivity contribution in [3.8, 4) is 11.5 Å². The summed E-state index contributed by atoms with van der Waals surface area (Å²) >= 11 is 0. The van der Waals surface area contributed by atoms with Gasteiger partial charge in [0, 0.05) is 25.5 Å². The number of carboxylic acid groups (broad SMARTS) is 1. The molecule has 4 heterocycles. The van der Waals surface area contributed by atoms with Crippen LogP contribution in [0.25, 0.3) is 0 Å². The molecule has 3 aromatic rings. The van der Waals surface area contributed by atoms with Crippen LogP contribution < -0.4 is 15.4 Å². The van der Waals surface area contributed by atoms with Crippen LogP contribution >= 0.6 is 0 Å². The van der Waals surface area contributed by atoms with Crippen molar-refractivity contribution in [1.82, 2.24) is 20.7 Å². The Morgan fingerprint density at radius 1 is 1.07 bits per heavy atom. The molecule has 40 heavy (non-hydrogen) atoms. The van der Waals surface area contributed by atoms with Crippen LogP contribution in [0.5, 0.6) is 11.5 Å². The summed E-state index contributed by atoms with van der Waals surface area (Å²) in [6.45, 7) is 4.05. The maximum atomic E-state index is 13.7. The van der Waals surface area contributed by atoms with Crippen molar-refractivity contribution in [2.75, 3.05) is 19.6 Å². The lowest BCUT2D eigenvalue weighted by Crippen LogP contribution is -2.50. The highest BCUT2D eigenvalue weighted by molar-refractivity contribution is 5.86. The fourth-order valence-corrected chi connectivity index (χ4v) is 5.45. The van der Waals surface area contributed by atoms with Gasteiger partial charge in [-0.25, -0.2) is 4.79 Å². The number of fused-ring (bicyclic) bond motifs is 9. The van der Waals surface area contributed by atoms with Crippen molar-refractivity contribution >= 4 is 17.8 Å². The highest BCUT2D eigenvalue weighted by atomic mass is 16.5. The summed E-state index contributed by atoms with van der Waals surface area (Å²) in [7, 11) is 0. The van der Waals surface area contributed by atoms with E-state index in [1.165, 1.54) is 0 Å². The molecule has 10 heteroatoms. The second kappa shape index (κ2) is 11.9. The zero-order valence-corrected chi connectivity index (χ0v) is 22.5. The molecular formula is C30H34N4O6. The molecular weight excluding hydrogens is 512 g/mol. The first-order chi connectivity index (χ1) is 19.3. The molecule has 0 saturated carbocycles. The molecule has 1 aromatic heterocycles. The van der Waals surface area contributed by atoms with Gasteiger partial charge in [0.1, 0.15) is 17.5 Å². The number of amides is 2. The maximum Gasteiger partial charge on any atom is 0.326 e. The average Bonchev–Trinajstić information content (AvgIpc) is 3.34. The van der Waals surface area contributed by atoms with E-state index in [9.17, 15) is 19.5 Å². The first kappa shape index (κ1) is 27.4. The summed E-state index contributed by atoms with van der Waals surface area (Å²) in [6, 6.07) is 15.8. The fraction of sp³-hybridized carbons (Fsp3) is 0.400. The van der Waals surface area contributed by atoms with Crippen LogP contribution in [0.3, 0.4) is 0 Å². The van der Waals surface area contributed by atoms with Gasteiger partial charge in [0.15, 0.2) is 5.76 Å². The quantitative estimate of drug-likeness (QED) is 0.456. The number of ether oxygens (including phenoxy) is 1. The second-order valence-corrected chi connectivity index (χ2v) is 10.7. The average molecular weight is 547 g/mol. The van der Waals surface area contributed by atoms with E-state index in [4.69, 9.17) is 9.26 Å². The Morgan fingerprint density at radius 2 is 1.85 bits per heavy atom. The van der Waals surface area contributed by atoms with Crippen molar-refractivity contribution in [3.63, 3.8) is 0 Å². The van der Waals surface area contributed by atoms with Gasteiger partial charge in [-0.15, -0.1) is 0 Å². The van der Waals surface area contributed by atoms with Gasteiger partial charge in [0.2, 0.25) is 11.8 Å². The van der Waals surface area contributed by atoms with E-state index in [0.717, 1.165) is 22.6 Å². The maximum absolute atomic E-state index is 13.7. The Labute approximate surface area is 232 Å². The van der Waals surface area contributed by atoms with Gasteiger partial charge in [-0.3, -0.25) is 14.5 Å². The summed E-state index contributed by atoms with van der Waals surface area (Å²) in [5.41, 5.74) is 1.92. The van der Waals surface area contributed by atoms with E-state index in [1.54, 1.807) is 24.3 Å². The minimum atomic E-state index is -1.12. The van der Waals surface area contributed by atoms with Crippen LogP contribution in [-0.2, 0) is 33.8 Å². The number of benzene rings is 2. The summed E-state index contributed by atoms with van der Waals surface area (Å²) in [6.07, 6.45) is 1.91. The Balaban J connectivity index is 1.38. The lowest BCUT2D eigenvalue weighted by Gasteiger charge is -2.40. The van der Waals surface area contributed by atoms with Crippen LogP contribution in [-0.4, -0.2) is 58.6 Å². The van der Waals surface area contributed by atoms with Gasteiger partial charge in [0.05, 0.1) is 17.7 Å². The second-order valence-electron chi connectivity index (χ2n) is 10.7. The van der Waals surface area contributed by atoms with E-state index in [2.05, 4.69) is 20.7 Å². The van der Waals surface area contributed by atoms with Gasteiger partial charge >= 0.3 is 5.97 Å². The summed E-state index contributed by atoms with van der Waals surface area (Å²) < 4.78 is 11.5. The van der Waals surface area contributed by atoms with E-state index in [0.29, 0.717) is 50.4 Å². The molecule has 3 N–H and O–H groups in total. The number of nitrogens with zero attached hydrogens (tertiary/aromatic N) is 2. The largest absolute Gasteiger partial charge is 0.480 e. The van der Waals surface area contributed by atoms with Crippen molar-refractivity contribution in [1.29, 1.82) is 0 Å². The van der Waals surface area contributed by atoms with Gasteiger partial charge < -0.3 is 25.0 Å². The Bertz CT molecular complexity index is 1360. The molecule has 3 aliphatic heterocycles. The van der Waals surface area contributed by atoms with E-state index >= 15 is 0 Å². The topological polar surface area (TPSA) is 134 Å². The standard InChI is InChI=1S/C30H34N4O6/c1-20-15-25(40-33-20)19-34-13-10-30(11-14-34)18-22-3-2-4-24(16-22)39-23-7-5-21(6-8-23)17-26(28(36)37)32-27(35)9-12-31-29(30)38/h2-8,15-16,26H,9-14,17-19H2,1H3,(H,31,38)(H,32,35)(H,36,37)/t26-/m0/s1. The Hall–Kier alpha value is -4.18.